The maximum atomic E-state index is 13.3. The van der Waals surface area contributed by atoms with Crippen LogP contribution >= 0.6 is 0 Å². The van der Waals surface area contributed by atoms with E-state index in [4.69, 9.17) is 4.74 Å². The van der Waals surface area contributed by atoms with Crippen molar-refractivity contribution in [1.29, 1.82) is 0 Å². The molecular weight excluding hydrogens is 325 g/mol. The van der Waals surface area contributed by atoms with Crippen LogP contribution in [0.25, 0.3) is 0 Å². The Hall–Kier alpha value is -3.33. The van der Waals surface area contributed by atoms with E-state index in [0.717, 1.165) is 0 Å². The Labute approximate surface area is 144 Å². The van der Waals surface area contributed by atoms with Gasteiger partial charge in [0.05, 0.1) is 24.8 Å². The summed E-state index contributed by atoms with van der Waals surface area (Å²) in [6, 6.07) is 12.3. The average Bonchev–Trinajstić information content (AvgIpc) is 2.65. The molecule has 5 nitrogen and oxygen atoms in total. The third-order valence-corrected chi connectivity index (χ3v) is 3.18. The highest BCUT2D eigenvalue weighted by atomic mass is 19.1. The second-order valence-electron chi connectivity index (χ2n) is 4.79. The molecule has 6 heteroatoms. The van der Waals surface area contributed by atoms with Crippen molar-refractivity contribution in [2.75, 3.05) is 20.3 Å². The summed E-state index contributed by atoms with van der Waals surface area (Å²) in [6.07, 6.45) is 0. The van der Waals surface area contributed by atoms with Gasteiger partial charge in [-0.1, -0.05) is 36.1 Å². The lowest BCUT2D eigenvalue weighted by Crippen LogP contribution is -2.25. The van der Waals surface area contributed by atoms with Gasteiger partial charge in [0.25, 0.3) is 5.91 Å². The van der Waals surface area contributed by atoms with Crippen molar-refractivity contribution in [2.24, 2.45) is 0 Å². The number of halogens is 1. The topological polar surface area (TPSA) is 64.6 Å². The molecule has 1 amide bonds. The number of amides is 1. The van der Waals surface area contributed by atoms with Gasteiger partial charge in [0, 0.05) is 0 Å². The zero-order chi connectivity index (χ0) is 18.1. The monoisotopic (exact) mass is 341 g/mol. The minimum absolute atomic E-state index is 0.00441. The first-order valence-electron chi connectivity index (χ1n) is 7.42. The fourth-order valence-electron chi connectivity index (χ4n) is 1.98. The van der Waals surface area contributed by atoms with E-state index in [2.05, 4.69) is 21.9 Å². The second-order valence-corrected chi connectivity index (χ2v) is 4.79. The Bertz CT molecular complexity index is 823. The molecule has 0 saturated heterocycles. The molecule has 128 valence electrons. The van der Waals surface area contributed by atoms with Crippen molar-refractivity contribution < 1.29 is 23.5 Å². The number of hydrogen-bond donors (Lipinski definition) is 1. The molecule has 0 atom stereocenters. The predicted octanol–water partition coefficient (Wildman–Crippen LogP) is 2.42. The molecule has 0 aliphatic carbocycles. The minimum Gasteiger partial charge on any atom is -0.478 e. The molecule has 0 spiro atoms. The van der Waals surface area contributed by atoms with Gasteiger partial charge in [-0.15, -0.1) is 0 Å². The lowest BCUT2D eigenvalue weighted by molar-refractivity contribution is 0.0596. The quantitative estimate of drug-likeness (QED) is 0.670. The Morgan fingerprint density at radius 3 is 2.44 bits per heavy atom. The van der Waals surface area contributed by atoms with Crippen LogP contribution in [0.1, 0.15) is 20.7 Å². The first-order chi connectivity index (χ1) is 12.1. The number of rotatable bonds is 5. The molecule has 0 bridgehead atoms. The summed E-state index contributed by atoms with van der Waals surface area (Å²) in [5.41, 5.74) is 0.386. The van der Waals surface area contributed by atoms with E-state index >= 15 is 0 Å². The number of benzene rings is 2. The number of methoxy groups -OCH3 is 1. The van der Waals surface area contributed by atoms with Crippen LogP contribution in [0, 0.1) is 17.7 Å². The first-order valence-corrected chi connectivity index (χ1v) is 7.42. The number of hydrogen-bond acceptors (Lipinski definition) is 4. The molecule has 0 heterocycles. The van der Waals surface area contributed by atoms with Crippen LogP contribution in [0.4, 0.5) is 4.39 Å². The number of esters is 1. The average molecular weight is 341 g/mol. The van der Waals surface area contributed by atoms with E-state index in [9.17, 15) is 14.0 Å². The molecule has 0 radical (unpaired) electrons. The second kappa shape index (κ2) is 9.08. The highest BCUT2D eigenvalue weighted by molar-refractivity contribution is 6.05. The van der Waals surface area contributed by atoms with Gasteiger partial charge >= 0.3 is 5.97 Å². The van der Waals surface area contributed by atoms with Crippen molar-refractivity contribution in [2.45, 2.75) is 0 Å². The largest absolute Gasteiger partial charge is 0.478 e. The highest BCUT2D eigenvalue weighted by Crippen LogP contribution is 2.14. The fourth-order valence-corrected chi connectivity index (χ4v) is 1.98. The Kier molecular flexibility index (Phi) is 6.55. The molecule has 2 rings (SSSR count). The number of nitrogens with one attached hydrogen (secondary N) is 1. The molecule has 0 aromatic heterocycles. The Morgan fingerprint density at radius 1 is 1.04 bits per heavy atom. The third-order valence-electron chi connectivity index (χ3n) is 3.18. The summed E-state index contributed by atoms with van der Waals surface area (Å²) in [5, 5.41) is 2.58. The smallest absolute Gasteiger partial charge is 0.338 e. The summed E-state index contributed by atoms with van der Waals surface area (Å²) >= 11 is 0. The number of carbonyl (C=O) groups excluding carboxylic acids is 2. The molecule has 1 N–H and O–H groups in total. The highest BCUT2D eigenvalue weighted by Gasteiger charge is 2.16. The molecule has 2 aromatic carbocycles. The summed E-state index contributed by atoms with van der Waals surface area (Å²) in [4.78, 5) is 23.8. The minimum atomic E-state index is -0.588. The van der Waals surface area contributed by atoms with E-state index in [1.54, 1.807) is 24.3 Å². The van der Waals surface area contributed by atoms with Crippen molar-refractivity contribution >= 4 is 11.9 Å². The van der Waals surface area contributed by atoms with Gasteiger partial charge in [-0.3, -0.25) is 4.79 Å². The third kappa shape index (κ3) is 5.08. The zero-order valence-electron chi connectivity index (χ0n) is 13.5. The number of ether oxygens (including phenoxy) is 2. The van der Waals surface area contributed by atoms with Crippen LogP contribution in [0.2, 0.25) is 0 Å². The fraction of sp³-hybridized carbons (Fsp3) is 0.158. The van der Waals surface area contributed by atoms with Crippen LogP contribution in [0.5, 0.6) is 5.75 Å². The van der Waals surface area contributed by atoms with E-state index < -0.39 is 17.7 Å². The van der Waals surface area contributed by atoms with Gasteiger partial charge in [0.1, 0.15) is 6.61 Å². The molecule has 0 fully saturated rings. The SMILES string of the molecule is COC(=O)c1ccccc1C(=O)NCC#CCOc1ccccc1F. The Morgan fingerprint density at radius 2 is 1.72 bits per heavy atom. The summed E-state index contributed by atoms with van der Waals surface area (Å²) in [7, 11) is 1.25. The standard InChI is InChI=1S/C19H16FNO4/c1-24-19(23)15-9-3-2-8-14(15)18(22)21-12-6-7-13-25-17-11-5-4-10-16(17)20/h2-5,8-11H,12-13H2,1H3,(H,21,22). The van der Waals surface area contributed by atoms with Crippen LogP contribution in [0.15, 0.2) is 48.5 Å². The van der Waals surface area contributed by atoms with Crippen molar-refractivity contribution in [1.82, 2.24) is 5.32 Å². The Balaban J connectivity index is 1.86. The molecule has 0 aliphatic rings. The number of para-hydroxylation sites is 1. The first kappa shape index (κ1) is 18.0. The normalized spacial score (nSPS) is 9.52. The zero-order valence-corrected chi connectivity index (χ0v) is 13.5. The maximum absolute atomic E-state index is 13.3. The van der Waals surface area contributed by atoms with E-state index in [0.29, 0.717) is 0 Å². The van der Waals surface area contributed by atoms with Crippen molar-refractivity contribution in [3.8, 4) is 17.6 Å². The van der Waals surface area contributed by atoms with Gasteiger partial charge in [0.2, 0.25) is 0 Å². The van der Waals surface area contributed by atoms with Gasteiger partial charge in [-0.05, 0) is 24.3 Å². The summed E-state index contributed by atoms with van der Waals surface area (Å²) in [5.74, 6) is 3.99. The van der Waals surface area contributed by atoms with Crippen molar-refractivity contribution in [3.63, 3.8) is 0 Å². The van der Waals surface area contributed by atoms with Gasteiger partial charge in [-0.25, -0.2) is 9.18 Å². The lowest BCUT2D eigenvalue weighted by atomic mass is 10.1. The van der Waals surface area contributed by atoms with Gasteiger partial charge in [-0.2, -0.15) is 0 Å². The molecule has 2 aromatic rings. The summed E-state index contributed by atoms with van der Waals surface area (Å²) < 4.78 is 23.1. The van der Waals surface area contributed by atoms with Crippen LogP contribution in [-0.4, -0.2) is 32.1 Å². The molecular formula is C19H16FNO4. The van der Waals surface area contributed by atoms with Crippen LogP contribution in [0.3, 0.4) is 0 Å². The number of carbonyl (C=O) groups is 2. The summed E-state index contributed by atoms with van der Waals surface area (Å²) in [6.45, 7) is 0.0600. The van der Waals surface area contributed by atoms with Gasteiger partial charge < -0.3 is 14.8 Å². The van der Waals surface area contributed by atoms with Gasteiger partial charge in [0.15, 0.2) is 11.6 Å². The molecule has 0 unspecified atom stereocenters. The predicted molar refractivity (Wildman–Crippen MR) is 89.8 cm³/mol. The maximum Gasteiger partial charge on any atom is 0.338 e. The van der Waals surface area contributed by atoms with Crippen LogP contribution < -0.4 is 10.1 Å². The lowest BCUT2D eigenvalue weighted by Gasteiger charge is -2.06. The van der Waals surface area contributed by atoms with E-state index in [-0.39, 0.29) is 30.0 Å². The molecule has 25 heavy (non-hydrogen) atoms. The van der Waals surface area contributed by atoms with Crippen molar-refractivity contribution in [3.05, 3.63) is 65.5 Å². The van der Waals surface area contributed by atoms with Crippen LogP contribution in [-0.2, 0) is 4.74 Å². The van der Waals surface area contributed by atoms with E-state index in [1.807, 2.05) is 0 Å². The molecule has 0 aliphatic heterocycles. The van der Waals surface area contributed by atoms with E-state index in [1.165, 1.54) is 31.4 Å². The molecule has 0 saturated carbocycles.